The van der Waals surface area contributed by atoms with Crippen LogP contribution in [0.3, 0.4) is 0 Å². The van der Waals surface area contributed by atoms with E-state index in [2.05, 4.69) is 19.9 Å². The molecule has 1 saturated carbocycles. The highest BCUT2D eigenvalue weighted by atomic mass is 35.5. The number of hydrogen-bond donors (Lipinski definition) is 1. The Kier molecular flexibility index (Phi) is 3.79. The molecule has 2 N–H and O–H groups in total. The summed E-state index contributed by atoms with van der Waals surface area (Å²) in [5, 5.41) is 0.790. The molecule has 0 amide bonds. The van der Waals surface area contributed by atoms with Crippen LogP contribution in [0.25, 0.3) is 0 Å². The van der Waals surface area contributed by atoms with Gasteiger partial charge >= 0.3 is 0 Å². The summed E-state index contributed by atoms with van der Waals surface area (Å²) in [7, 11) is 0. The van der Waals surface area contributed by atoms with E-state index in [9.17, 15) is 0 Å². The van der Waals surface area contributed by atoms with Gasteiger partial charge in [-0.3, -0.25) is 0 Å². The Bertz CT molecular complexity index is 378. The monoisotopic (exact) mass is 251 g/mol. The van der Waals surface area contributed by atoms with Crippen LogP contribution in [-0.4, -0.2) is 0 Å². The van der Waals surface area contributed by atoms with Gasteiger partial charge in [-0.15, -0.1) is 0 Å². The van der Waals surface area contributed by atoms with E-state index in [0.717, 1.165) is 29.7 Å². The molecule has 1 fully saturated rings. The summed E-state index contributed by atoms with van der Waals surface area (Å²) >= 11 is 6.05. The Labute approximate surface area is 109 Å². The van der Waals surface area contributed by atoms with Crippen molar-refractivity contribution in [1.29, 1.82) is 0 Å². The zero-order valence-electron chi connectivity index (χ0n) is 10.7. The van der Waals surface area contributed by atoms with Crippen LogP contribution in [0.2, 0.25) is 5.02 Å². The Morgan fingerprint density at radius 3 is 2.47 bits per heavy atom. The van der Waals surface area contributed by atoms with E-state index in [1.165, 1.54) is 18.4 Å². The predicted molar refractivity (Wildman–Crippen MR) is 74.1 cm³/mol. The van der Waals surface area contributed by atoms with Gasteiger partial charge in [0.25, 0.3) is 0 Å². The maximum atomic E-state index is 6.55. The van der Waals surface area contributed by atoms with Crippen LogP contribution in [0, 0.1) is 11.8 Å². The zero-order chi connectivity index (χ0) is 12.5. The SMILES string of the molecule is CC(C)C1CCC(N)(c2cccc(Cl)c2)CC1. The molecular weight excluding hydrogens is 230 g/mol. The molecule has 0 saturated heterocycles. The van der Waals surface area contributed by atoms with E-state index in [0.29, 0.717) is 0 Å². The van der Waals surface area contributed by atoms with Gasteiger partial charge in [0.05, 0.1) is 0 Å². The van der Waals surface area contributed by atoms with Gasteiger partial charge in [0.15, 0.2) is 0 Å². The van der Waals surface area contributed by atoms with E-state index in [1.54, 1.807) is 0 Å². The second-order valence-electron chi connectivity index (χ2n) is 5.75. The van der Waals surface area contributed by atoms with Gasteiger partial charge in [-0.25, -0.2) is 0 Å². The summed E-state index contributed by atoms with van der Waals surface area (Å²) in [6.07, 6.45) is 4.63. The van der Waals surface area contributed by atoms with Gasteiger partial charge in [-0.1, -0.05) is 37.6 Å². The van der Waals surface area contributed by atoms with E-state index < -0.39 is 0 Å². The van der Waals surface area contributed by atoms with Gasteiger partial charge in [0.2, 0.25) is 0 Å². The topological polar surface area (TPSA) is 26.0 Å². The highest BCUT2D eigenvalue weighted by molar-refractivity contribution is 6.30. The molecule has 1 nitrogen and oxygen atoms in total. The van der Waals surface area contributed by atoms with Crippen LogP contribution in [0.5, 0.6) is 0 Å². The highest BCUT2D eigenvalue weighted by Gasteiger charge is 2.34. The van der Waals surface area contributed by atoms with Crippen LogP contribution in [0.1, 0.15) is 45.1 Å². The van der Waals surface area contributed by atoms with Gasteiger partial charge < -0.3 is 5.73 Å². The van der Waals surface area contributed by atoms with Crippen LogP contribution >= 0.6 is 11.6 Å². The molecule has 0 spiro atoms. The summed E-state index contributed by atoms with van der Waals surface area (Å²) in [5.74, 6) is 1.62. The zero-order valence-corrected chi connectivity index (χ0v) is 11.5. The third kappa shape index (κ3) is 2.83. The van der Waals surface area contributed by atoms with Crippen molar-refractivity contribution in [2.45, 2.75) is 45.1 Å². The maximum Gasteiger partial charge on any atom is 0.0410 e. The van der Waals surface area contributed by atoms with Crippen molar-refractivity contribution in [3.05, 3.63) is 34.9 Å². The maximum absolute atomic E-state index is 6.55. The first-order valence-corrected chi connectivity index (χ1v) is 6.94. The molecule has 1 aromatic rings. The highest BCUT2D eigenvalue weighted by Crippen LogP contribution is 2.40. The predicted octanol–water partition coefficient (Wildman–Crippen LogP) is 4.34. The van der Waals surface area contributed by atoms with Gasteiger partial charge in [-0.05, 0) is 55.2 Å². The molecule has 1 aliphatic rings. The fourth-order valence-electron chi connectivity index (χ4n) is 2.91. The molecule has 0 heterocycles. The normalized spacial score (nSPS) is 29.6. The molecule has 1 aromatic carbocycles. The average Bonchev–Trinajstić information content (AvgIpc) is 2.29. The molecule has 0 bridgehead atoms. The van der Waals surface area contributed by atoms with Crippen molar-refractivity contribution in [1.82, 2.24) is 0 Å². The van der Waals surface area contributed by atoms with Crippen LogP contribution in [0.15, 0.2) is 24.3 Å². The fourth-order valence-corrected chi connectivity index (χ4v) is 3.10. The van der Waals surface area contributed by atoms with Gasteiger partial charge in [-0.2, -0.15) is 0 Å². The largest absolute Gasteiger partial charge is 0.321 e. The average molecular weight is 252 g/mol. The Hall–Kier alpha value is -0.530. The molecule has 2 heteroatoms. The summed E-state index contributed by atoms with van der Waals surface area (Å²) in [4.78, 5) is 0. The molecule has 94 valence electrons. The second-order valence-corrected chi connectivity index (χ2v) is 6.18. The van der Waals surface area contributed by atoms with Crippen molar-refractivity contribution < 1.29 is 0 Å². The number of hydrogen-bond acceptors (Lipinski definition) is 1. The van der Waals surface area contributed by atoms with E-state index in [-0.39, 0.29) is 5.54 Å². The Morgan fingerprint density at radius 2 is 1.94 bits per heavy atom. The van der Waals surface area contributed by atoms with Crippen LogP contribution in [-0.2, 0) is 5.54 Å². The number of halogens is 1. The first-order valence-electron chi connectivity index (χ1n) is 6.56. The first kappa shape index (κ1) is 12.9. The smallest absolute Gasteiger partial charge is 0.0410 e. The van der Waals surface area contributed by atoms with Gasteiger partial charge in [0, 0.05) is 10.6 Å². The molecule has 1 aliphatic carbocycles. The minimum absolute atomic E-state index is 0.156. The van der Waals surface area contributed by atoms with Gasteiger partial charge in [0.1, 0.15) is 0 Å². The number of rotatable bonds is 2. The lowest BCUT2D eigenvalue weighted by atomic mass is 9.70. The van der Waals surface area contributed by atoms with Crippen molar-refractivity contribution in [3.8, 4) is 0 Å². The lowest BCUT2D eigenvalue weighted by Crippen LogP contribution is -2.41. The molecule has 0 aliphatic heterocycles. The van der Waals surface area contributed by atoms with Crippen molar-refractivity contribution >= 4 is 11.6 Å². The standard InChI is InChI=1S/C15H22ClN/c1-11(2)12-6-8-15(17,9-7-12)13-4-3-5-14(16)10-13/h3-5,10-12H,6-9,17H2,1-2H3. The summed E-state index contributed by atoms with van der Waals surface area (Å²) in [6, 6.07) is 8.05. The van der Waals surface area contributed by atoms with E-state index in [1.807, 2.05) is 18.2 Å². The minimum Gasteiger partial charge on any atom is -0.321 e. The van der Waals surface area contributed by atoms with E-state index >= 15 is 0 Å². The summed E-state index contributed by atoms with van der Waals surface area (Å²) in [5.41, 5.74) is 7.60. The van der Waals surface area contributed by atoms with Crippen molar-refractivity contribution in [3.63, 3.8) is 0 Å². The molecule has 0 aromatic heterocycles. The lowest BCUT2D eigenvalue weighted by Gasteiger charge is -2.39. The molecule has 0 unspecified atom stereocenters. The number of nitrogens with two attached hydrogens (primary N) is 1. The lowest BCUT2D eigenvalue weighted by molar-refractivity contribution is 0.196. The molecule has 0 radical (unpaired) electrons. The molecule has 0 atom stereocenters. The van der Waals surface area contributed by atoms with Crippen LogP contribution < -0.4 is 5.73 Å². The van der Waals surface area contributed by atoms with Crippen molar-refractivity contribution in [2.75, 3.05) is 0 Å². The van der Waals surface area contributed by atoms with Crippen LogP contribution in [0.4, 0.5) is 0 Å². The second kappa shape index (κ2) is 4.99. The quantitative estimate of drug-likeness (QED) is 0.831. The summed E-state index contributed by atoms with van der Waals surface area (Å²) in [6.45, 7) is 4.63. The Balaban J connectivity index is 2.12. The first-order chi connectivity index (χ1) is 8.01. The molecular formula is C15H22ClN. The third-order valence-corrected chi connectivity index (χ3v) is 4.50. The third-order valence-electron chi connectivity index (χ3n) is 4.26. The minimum atomic E-state index is -0.156. The molecule has 17 heavy (non-hydrogen) atoms. The van der Waals surface area contributed by atoms with E-state index in [4.69, 9.17) is 17.3 Å². The fraction of sp³-hybridized carbons (Fsp3) is 0.600. The Morgan fingerprint density at radius 1 is 1.29 bits per heavy atom. The summed E-state index contributed by atoms with van der Waals surface area (Å²) < 4.78 is 0. The molecule has 2 rings (SSSR count). The van der Waals surface area contributed by atoms with Crippen molar-refractivity contribution in [2.24, 2.45) is 17.6 Å². The number of benzene rings is 1.